The number of primary amides is 1. The lowest BCUT2D eigenvalue weighted by atomic mass is 9.50. The van der Waals surface area contributed by atoms with Gasteiger partial charge in [0.25, 0.3) is 0 Å². The number of hydrogen-bond donors (Lipinski definition) is 4. The van der Waals surface area contributed by atoms with E-state index in [-0.39, 0.29) is 11.3 Å². The lowest BCUT2D eigenvalue weighted by molar-refractivity contribution is -0.189. The fraction of sp³-hybridized carbons (Fsp3) is 0.500. The van der Waals surface area contributed by atoms with E-state index in [2.05, 4.69) is 0 Å². The minimum absolute atomic E-state index is 0.0698. The maximum atomic E-state index is 13.4. The van der Waals surface area contributed by atoms with E-state index in [1.165, 1.54) is 0 Å². The molecule has 2 unspecified atom stereocenters. The molecular weight excluding hydrogens is 406 g/mol. The summed E-state index contributed by atoms with van der Waals surface area (Å²) < 4.78 is 0. The Kier molecular flexibility index (Phi) is 4.50. The van der Waals surface area contributed by atoms with Crippen molar-refractivity contribution in [1.29, 1.82) is 0 Å². The van der Waals surface area contributed by atoms with Gasteiger partial charge in [0.05, 0.1) is 17.6 Å². The molecule has 7 atom stereocenters. The molecule has 2 fully saturated rings. The second-order valence-electron chi connectivity index (χ2n) is 8.95. The van der Waals surface area contributed by atoms with Crippen molar-refractivity contribution in [3.8, 4) is 5.75 Å². The van der Waals surface area contributed by atoms with Crippen LogP contribution in [-0.2, 0) is 19.2 Å². The van der Waals surface area contributed by atoms with Gasteiger partial charge in [0.1, 0.15) is 5.75 Å². The molecule has 2 saturated carbocycles. The van der Waals surface area contributed by atoms with Crippen LogP contribution in [0.3, 0.4) is 0 Å². The molecular formula is C22H23NO8. The number of aliphatic hydroxyl groups is 2. The highest BCUT2D eigenvalue weighted by atomic mass is 16.3. The highest BCUT2D eigenvalue weighted by Crippen LogP contribution is 2.54. The van der Waals surface area contributed by atoms with Crippen LogP contribution in [0.1, 0.15) is 46.3 Å². The summed E-state index contributed by atoms with van der Waals surface area (Å²) in [6, 6.07) is 1.69. The van der Waals surface area contributed by atoms with E-state index in [9.17, 15) is 39.3 Å². The van der Waals surface area contributed by atoms with Crippen molar-refractivity contribution in [1.82, 2.24) is 0 Å². The van der Waals surface area contributed by atoms with Crippen LogP contribution < -0.4 is 5.73 Å². The van der Waals surface area contributed by atoms with E-state index in [1.807, 2.05) is 0 Å². The first-order valence-corrected chi connectivity index (χ1v) is 10.0. The number of phenolic OH excluding ortho intramolecular Hbond substituents is 1. The SMILES string of the molecule is Cc1cc(C)c2c(c1O)C(=O)C1C(=O)[C@]3(O)C(=O)C(C(N)=O)C(=O)C[C@@H]3[C@@H](O)[C@@H]1[C@H]2C. The number of hydrogen-bond acceptors (Lipinski definition) is 8. The first kappa shape index (κ1) is 21.3. The van der Waals surface area contributed by atoms with Gasteiger partial charge in [-0.2, -0.15) is 0 Å². The van der Waals surface area contributed by atoms with Crippen molar-refractivity contribution < 1.29 is 39.3 Å². The monoisotopic (exact) mass is 429 g/mol. The Balaban J connectivity index is 1.93. The number of ketones is 4. The Morgan fingerprint density at radius 2 is 1.74 bits per heavy atom. The van der Waals surface area contributed by atoms with E-state index < -0.39 is 76.8 Å². The molecule has 0 spiro atoms. The molecule has 5 N–H and O–H groups in total. The predicted molar refractivity (Wildman–Crippen MR) is 104 cm³/mol. The van der Waals surface area contributed by atoms with Gasteiger partial charge in [-0.3, -0.25) is 24.0 Å². The van der Waals surface area contributed by atoms with Crippen LogP contribution in [0.2, 0.25) is 0 Å². The molecule has 0 aliphatic heterocycles. The third-order valence-corrected chi connectivity index (χ3v) is 7.35. The summed E-state index contributed by atoms with van der Waals surface area (Å²) in [5.74, 6) is -12.6. The van der Waals surface area contributed by atoms with E-state index in [0.29, 0.717) is 16.7 Å². The Morgan fingerprint density at radius 3 is 2.32 bits per heavy atom. The summed E-state index contributed by atoms with van der Waals surface area (Å²) in [6.07, 6.45) is -2.15. The number of aromatic hydroxyl groups is 1. The summed E-state index contributed by atoms with van der Waals surface area (Å²) in [4.78, 5) is 63.8. The number of aryl methyl sites for hydroxylation is 2. The molecule has 0 saturated heterocycles. The number of nitrogens with two attached hydrogens (primary N) is 1. The van der Waals surface area contributed by atoms with Crippen molar-refractivity contribution in [3.63, 3.8) is 0 Å². The van der Waals surface area contributed by atoms with Crippen LogP contribution in [-0.4, -0.2) is 56.1 Å². The first-order chi connectivity index (χ1) is 14.3. The molecule has 31 heavy (non-hydrogen) atoms. The molecule has 3 aliphatic carbocycles. The normalized spacial score (nSPS) is 37.2. The molecule has 164 valence electrons. The zero-order chi connectivity index (χ0) is 23.2. The van der Waals surface area contributed by atoms with Gasteiger partial charge in [0, 0.05) is 18.3 Å². The number of aliphatic hydroxyl groups excluding tert-OH is 1. The molecule has 0 radical (unpaired) electrons. The van der Waals surface area contributed by atoms with Crippen LogP contribution in [0.25, 0.3) is 0 Å². The Labute approximate surface area is 177 Å². The summed E-state index contributed by atoms with van der Waals surface area (Å²) in [5, 5.41) is 32.9. The highest BCUT2D eigenvalue weighted by molar-refractivity contribution is 6.31. The number of carbonyl (C=O) groups is 5. The molecule has 0 aromatic heterocycles. The van der Waals surface area contributed by atoms with Gasteiger partial charge in [-0.1, -0.05) is 13.0 Å². The molecule has 4 rings (SSSR count). The number of Topliss-reactive ketones (excluding diaryl/α,β-unsaturated/α-hetero) is 4. The van der Waals surface area contributed by atoms with E-state index in [1.54, 1.807) is 26.8 Å². The maximum absolute atomic E-state index is 13.4. The van der Waals surface area contributed by atoms with E-state index in [0.717, 1.165) is 0 Å². The average Bonchev–Trinajstić information content (AvgIpc) is 2.67. The molecule has 9 heteroatoms. The summed E-state index contributed by atoms with van der Waals surface area (Å²) in [5.41, 5.74) is 3.77. The minimum atomic E-state index is -2.89. The number of benzene rings is 1. The predicted octanol–water partition coefficient (Wildman–Crippen LogP) is -0.524. The van der Waals surface area contributed by atoms with Crippen molar-refractivity contribution in [2.45, 2.75) is 44.8 Å². The Morgan fingerprint density at radius 1 is 1.13 bits per heavy atom. The molecule has 1 amide bonds. The van der Waals surface area contributed by atoms with Gasteiger partial charge in [-0.15, -0.1) is 0 Å². The summed E-state index contributed by atoms with van der Waals surface area (Å²) in [6.45, 7) is 5.03. The number of carbonyl (C=O) groups excluding carboxylic acids is 5. The average molecular weight is 429 g/mol. The molecule has 3 aliphatic rings. The molecule has 9 nitrogen and oxygen atoms in total. The standard InChI is InChI=1S/C22H23NO8/c1-6-4-7(2)16(25)14-11(6)8(3)12-15(18(14)27)20(29)22(31)9(17(12)26)5-10(24)13(19(22)28)21(23)30/h4,8-9,12-13,15,17,25-26,31H,5H2,1-3H3,(H2,23,30)/t8-,9+,12+,13?,15?,17+,22+/m0/s1. The van der Waals surface area contributed by atoms with Gasteiger partial charge < -0.3 is 21.1 Å². The van der Waals surface area contributed by atoms with Crippen LogP contribution in [0, 0.1) is 37.5 Å². The molecule has 0 heterocycles. The lowest BCUT2D eigenvalue weighted by Crippen LogP contribution is -2.72. The van der Waals surface area contributed by atoms with Gasteiger partial charge in [-0.25, -0.2) is 0 Å². The third kappa shape index (κ3) is 2.47. The van der Waals surface area contributed by atoms with Crippen molar-refractivity contribution in [2.24, 2.45) is 29.4 Å². The van der Waals surface area contributed by atoms with Crippen LogP contribution in [0.4, 0.5) is 0 Å². The second-order valence-corrected chi connectivity index (χ2v) is 8.95. The van der Waals surface area contributed by atoms with Gasteiger partial charge >= 0.3 is 0 Å². The smallest absolute Gasteiger partial charge is 0.235 e. The quantitative estimate of drug-likeness (QED) is 0.432. The largest absolute Gasteiger partial charge is 0.507 e. The number of phenols is 1. The second kappa shape index (κ2) is 6.54. The minimum Gasteiger partial charge on any atom is -0.507 e. The van der Waals surface area contributed by atoms with E-state index in [4.69, 9.17) is 5.73 Å². The highest BCUT2D eigenvalue weighted by Gasteiger charge is 2.69. The van der Waals surface area contributed by atoms with Crippen LogP contribution in [0.5, 0.6) is 5.75 Å². The van der Waals surface area contributed by atoms with Gasteiger partial charge in [0.2, 0.25) is 5.91 Å². The Hall–Kier alpha value is -2.91. The summed E-state index contributed by atoms with van der Waals surface area (Å²) in [7, 11) is 0. The van der Waals surface area contributed by atoms with Crippen molar-refractivity contribution in [2.75, 3.05) is 0 Å². The topological polar surface area (TPSA) is 172 Å². The fourth-order valence-electron chi connectivity index (χ4n) is 5.92. The fourth-order valence-corrected chi connectivity index (χ4v) is 5.92. The lowest BCUT2D eigenvalue weighted by Gasteiger charge is -2.53. The Bertz CT molecular complexity index is 1090. The third-order valence-electron chi connectivity index (χ3n) is 7.35. The van der Waals surface area contributed by atoms with E-state index >= 15 is 0 Å². The number of rotatable bonds is 1. The van der Waals surface area contributed by atoms with Crippen LogP contribution >= 0.6 is 0 Å². The first-order valence-electron chi connectivity index (χ1n) is 10.0. The van der Waals surface area contributed by atoms with Gasteiger partial charge in [-0.05, 0) is 36.5 Å². The zero-order valence-electron chi connectivity index (χ0n) is 17.2. The number of fused-ring (bicyclic) bond motifs is 3. The number of amides is 1. The van der Waals surface area contributed by atoms with Crippen LogP contribution in [0.15, 0.2) is 6.07 Å². The zero-order valence-corrected chi connectivity index (χ0v) is 17.2. The summed E-state index contributed by atoms with van der Waals surface area (Å²) >= 11 is 0. The molecule has 1 aromatic carbocycles. The molecule has 0 bridgehead atoms. The van der Waals surface area contributed by atoms with Crippen molar-refractivity contribution in [3.05, 3.63) is 28.3 Å². The van der Waals surface area contributed by atoms with Gasteiger partial charge in [0.15, 0.2) is 34.7 Å². The molecule has 1 aromatic rings. The van der Waals surface area contributed by atoms with Crippen molar-refractivity contribution >= 4 is 29.0 Å². The maximum Gasteiger partial charge on any atom is 0.235 e.